The lowest BCUT2D eigenvalue weighted by molar-refractivity contribution is 1.03. The van der Waals surface area contributed by atoms with Crippen molar-refractivity contribution < 1.29 is 0 Å². The molecule has 12 heavy (non-hydrogen) atoms. The van der Waals surface area contributed by atoms with Crippen LogP contribution in [0.5, 0.6) is 0 Å². The average molecular weight is 162 g/mol. The van der Waals surface area contributed by atoms with Crippen LogP contribution in [0.3, 0.4) is 0 Å². The Hall–Kier alpha value is -1.31. The van der Waals surface area contributed by atoms with Crippen molar-refractivity contribution in [3.63, 3.8) is 0 Å². The van der Waals surface area contributed by atoms with Gasteiger partial charge in [-0.1, -0.05) is 18.2 Å². The molecule has 0 radical (unpaired) electrons. The Morgan fingerprint density at radius 2 is 2.25 bits per heavy atom. The van der Waals surface area contributed by atoms with Gasteiger partial charge in [0.05, 0.1) is 11.0 Å². The van der Waals surface area contributed by atoms with E-state index in [4.69, 9.17) is 0 Å². The number of aryl methyl sites for hydroxylation is 1. The lowest BCUT2D eigenvalue weighted by atomic mass is 10.2. The van der Waals surface area contributed by atoms with Crippen LogP contribution in [0.4, 0.5) is 0 Å². The zero-order chi connectivity index (χ0) is 9.14. The number of nitrogens with one attached hydrogen (secondary N) is 1. The Labute approximate surface area is 72.3 Å². The fourth-order valence-corrected chi connectivity index (χ4v) is 1.18. The SMILES string of the molecule is C=C(C)/C=c1/[nH]nc(C)/c1=C/C. The minimum absolute atomic E-state index is 1.03. The predicted octanol–water partition coefficient (Wildman–Crippen LogP) is 0.875. The van der Waals surface area contributed by atoms with Crippen LogP contribution in [0.2, 0.25) is 0 Å². The fraction of sp³-hybridized carbons (Fsp3) is 0.300. The van der Waals surface area contributed by atoms with Crippen molar-refractivity contribution in [3.05, 3.63) is 28.4 Å². The molecule has 1 N–H and O–H groups in total. The second-order valence-corrected chi connectivity index (χ2v) is 2.92. The van der Waals surface area contributed by atoms with Crippen LogP contribution >= 0.6 is 0 Å². The van der Waals surface area contributed by atoms with Gasteiger partial charge in [0.1, 0.15) is 0 Å². The number of hydrogen-bond donors (Lipinski definition) is 1. The molecule has 0 unspecified atom stereocenters. The number of aromatic nitrogens is 2. The van der Waals surface area contributed by atoms with Gasteiger partial charge in [0.15, 0.2) is 0 Å². The standard InChI is InChI=1S/C10H14N2/c1-5-9-8(4)11-12-10(9)6-7(2)3/h5-6,12H,2H2,1,3-4H3/b9-5-,10-6+. The van der Waals surface area contributed by atoms with Crippen molar-refractivity contribution >= 4 is 12.2 Å². The van der Waals surface area contributed by atoms with Crippen molar-refractivity contribution in [3.8, 4) is 0 Å². The molecule has 1 rings (SSSR count). The maximum absolute atomic E-state index is 4.11. The summed E-state index contributed by atoms with van der Waals surface area (Å²) in [6.07, 6.45) is 4.04. The quantitative estimate of drug-likeness (QED) is 0.652. The van der Waals surface area contributed by atoms with Crippen molar-refractivity contribution in [2.45, 2.75) is 20.8 Å². The minimum Gasteiger partial charge on any atom is -0.278 e. The lowest BCUT2D eigenvalue weighted by Gasteiger charge is -1.82. The van der Waals surface area contributed by atoms with Crippen molar-refractivity contribution in [2.24, 2.45) is 0 Å². The molecule has 1 aromatic rings. The van der Waals surface area contributed by atoms with Crippen LogP contribution in [0, 0.1) is 6.92 Å². The van der Waals surface area contributed by atoms with E-state index < -0.39 is 0 Å². The first-order chi connectivity index (χ1) is 5.65. The Bertz CT molecular complexity index is 396. The van der Waals surface area contributed by atoms with E-state index in [9.17, 15) is 0 Å². The van der Waals surface area contributed by atoms with E-state index in [-0.39, 0.29) is 0 Å². The molecule has 0 spiro atoms. The zero-order valence-electron chi connectivity index (χ0n) is 7.81. The monoisotopic (exact) mass is 162 g/mol. The molecule has 64 valence electrons. The van der Waals surface area contributed by atoms with Gasteiger partial charge in [-0.15, -0.1) is 0 Å². The van der Waals surface area contributed by atoms with Crippen LogP contribution in [0.15, 0.2) is 12.2 Å². The molecule has 0 aliphatic carbocycles. The molecule has 2 heteroatoms. The summed E-state index contributed by atoms with van der Waals surface area (Å²) in [5.74, 6) is 0. The smallest absolute Gasteiger partial charge is 0.0666 e. The molecule has 1 heterocycles. The Balaban J connectivity index is 3.46. The van der Waals surface area contributed by atoms with E-state index in [2.05, 4.69) is 16.8 Å². The summed E-state index contributed by atoms with van der Waals surface area (Å²) in [5.41, 5.74) is 2.06. The molecule has 1 aromatic heterocycles. The largest absolute Gasteiger partial charge is 0.278 e. The number of allylic oxidation sites excluding steroid dienone is 1. The molecule has 0 aromatic carbocycles. The first kappa shape index (κ1) is 8.78. The van der Waals surface area contributed by atoms with Crippen LogP contribution in [0.25, 0.3) is 12.2 Å². The summed E-state index contributed by atoms with van der Waals surface area (Å²) in [6, 6.07) is 0. The summed E-state index contributed by atoms with van der Waals surface area (Å²) in [5, 5.41) is 9.28. The van der Waals surface area contributed by atoms with Crippen molar-refractivity contribution in [1.29, 1.82) is 0 Å². The van der Waals surface area contributed by atoms with Gasteiger partial charge in [0, 0.05) is 5.22 Å². The van der Waals surface area contributed by atoms with Gasteiger partial charge in [0.25, 0.3) is 0 Å². The molecule has 0 saturated carbocycles. The third-order valence-corrected chi connectivity index (χ3v) is 1.70. The first-order valence-electron chi connectivity index (χ1n) is 3.99. The zero-order valence-corrected chi connectivity index (χ0v) is 7.81. The highest BCUT2D eigenvalue weighted by Crippen LogP contribution is 1.84. The summed E-state index contributed by atoms with van der Waals surface area (Å²) in [4.78, 5) is 0. The molecular weight excluding hydrogens is 148 g/mol. The van der Waals surface area contributed by atoms with Gasteiger partial charge >= 0.3 is 0 Å². The van der Waals surface area contributed by atoms with Crippen LogP contribution < -0.4 is 10.6 Å². The second kappa shape index (κ2) is 3.39. The van der Waals surface area contributed by atoms with Crippen molar-refractivity contribution in [2.75, 3.05) is 0 Å². The van der Waals surface area contributed by atoms with Gasteiger partial charge < -0.3 is 0 Å². The van der Waals surface area contributed by atoms with Crippen LogP contribution in [0.1, 0.15) is 19.5 Å². The summed E-state index contributed by atoms with van der Waals surface area (Å²) < 4.78 is 0. The fourth-order valence-electron chi connectivity index (χ4n) is 1.18. The van der Waals surface area contributed by atoms with Crippen molar-refractivity contribution in [1.82, 2.24) is 10.2 Å². The van der Waals surface area contributed by atoms with E-state index in [1.54, 1.807) is 0 Å². The second-order valence-electron chi connectivity index (χ2n) is 2.92. The van der Waals surface area contributed by atoms with E-state index in [1.165, 1.54) is 0 Å². The molecule has 0 atom stereocenters. The van der Waals surface area contributed by atoms with E-state index in [1.807, 2.05) is 32.9 Å². The molecule has 0 aliphatic rings. The van der Waals surface area contributed by atoms with Gasteiger partial charge in [0.2, 0.25) is 0 Å². The average Bonchev–Trinajstić information content (AvgIpc) is 2.30. The van der Waals surface area contributed by atoms with Crippen LogP contribution in [-0.4, -0.2) is 10.2 Å². The van der Waals surface area contributed by atoms with E-state index in [0.717, 1.165) is 21.8 Å². The third-order valence-electron chi connectivity index (χ3n) is 1.70. The molecule has 0 aliphatic heterocycles. The Morgan fingerprint density at radius 3 is 2.75 bits per heavy atom. The molecule has 0 saturated heterocycles. The maximum atomic E-state index is 4.11. The molecule has 0 fully saturated rings. The number of aromatic amines is 1. The van der Waals surface area contributed by atoms with Crippen LogP contribution in [-0.2, 0) is 0 Å². The highest BCUT2D eigenvalue weighted by atomic mass is 15.1. The molecule has 0 amide bonds. The molecular formula is C10H14N2. The number of rotatable bonds is 1. The summed E-state index contributed by atoms with van der Waals surface area (Å²) in [6.45, 7) is 9.78. The normalized spacial score (nSPS) is 13.9. The van der Waals surface area contributed by atoms with E-state index in [0.29, 0.717) is 0 Å². The highest BCUT2D eigenvalue weighted by molar-refractivity contribution is 5.43. The van der Waals surface area contributed by atoms with Gasteiger partial charge in [-0.3, -0.25) is 5.10 Å². The number of nitrogens with zero attached hydrogens (tertiary/aromatic N) is 1. The Kier molecular flexibility index (Phi) is 2.48. The summed E-state index contributed by atoms with van der Waals surface area (Å²) >= 11 is 0. The topological polar surface area (TPSA) is 28.7 Å². The lowest BCUT2D eigenvalue weighted by Crippen LogP contribution is -2.23. The Morgan fingerprint density at radius 1 is 1.58 bits per heavy atom. The van der Waals surface area contributed by atoms with Gasteiger partial charge in [-0.05, 0) is 26.8 Å². The van der Waals surface area contributed by atoms with Gasteiger partial charge in [-0.25, -0.2) is 0 Å². The predicted molar refractivity (Wildman–Crippen MR) is 52.0 cm³/mol. The minimum atomic E-state index is 1.03. The summed E-state index contributed by atoms with van der Waals surface area (Å²) in [7, 11) is 0. The maximum Gasteiger partial charge on any atom is 0.0666 e. The molecule has 0 bridgehead atoms. The number of hydrogen-bond acceptors (Lipinski definition) is 1. The third kappa shape index (κ3) is 1.64. The first-order valence-corrected chi connectivity index (χ1v) is 3.99. The molecule has 2 nitrogen and oxygen atoms in total. The van der Waals surface area contributed by atoms with E-state index >= 15 is 0 Å². The number of H-pyrrole nitrogens is 1. The highest BCUT2D eigenvalue weighted by Gasteiger charge is 1.92. The van der Waals surface area contributed by atoms with Gasteiger partial charge in [-0.2, -0.15) is 5.10 Å².